The van der Waals surface area contributed by atoms with Crippen molar-refractivity contribution in [3.05, 3.63) is 34.3 Å². The molecule has 1 atom stereocenters. The van der Waals surface area contributed by atoms with E-state index in [9.17, 15) is 0 Å². The number of hydrogen-bond donors (Lipinski definition) is 0. The largest absolute Gasteiger partial charge is 0.375 e. The topological polar surface area (TPSA) is 9.23 Å². The third-order valence-corrected chi connectivity index (χ3v) is 4.06. The Bertz CT molecular complexity index is 340. The fourth-order valence-corrected chi connectivity index (χ4v) is 1.66. The van der Waals surface area contributed by atoms with E-state index in [0.29, 0.717) is 11.8 Å². The first-order chi connectivity index (χ1) is 7.83. The van der Waals surface area contributed by atoms with E-state index in [1.165, 1.54) is 5.56 Å². The summed E-state index contributed by atoms with van der Waals surface area (Å²) in [6.07, 6.45) is 0. The molecule has 1 nitrogen and oxygen atoms in total. The van der Waals surface area contributed by atoms with Crippen LogP contribution in [0.1, 0.15) is 46.1 Å². The highest BCUT2D eigenvalue weighted by Gasteiger charge is 2.23. The number of hydrogen-bond acceptors (Lipinski definition) is 1. The summed E-state index contributed by atoms with van der Waals surface area (Å²) in [6, 6.07) is 8.47. The van der Waals surface area contributed by atoms with Crippen LogP contribution in [0.4, 0.5) is 0 Å². The first-order valence-electron chi connectivity index (χ1n) is 6.22. The summed E-state index contributed by atoms with van der Waals surface area (Å²) in [7, 11) is 0. The second-order valence-corrected chi connectivity index (χ2v) is 6.44. The van der Waals surface area contributed by atoms with Crippen molar-refractivity contribution in [2.75, 3.05) is 6.61 Å². The van der Waals surface area contributed by atoms with Crippen molar-refractivity contribution in [3.63, 3.8) is 0 Å². The Morgan fingerprint density at radius 1 is 1.12 bits per heavy atom. The molecule has 0 radical (unpaired) electrons. The van der Waals surface area contributed by atoms with E-state index in [4.69, 9.17) is 4.74 Å². The molecule has 0 saturated carbocycles. The van der Waals surface area contributed by atoms with Crippen LogP contribution in [0.15, 0.2) is 28.7 Å². The Labute approximate surface area is 114 Å². The van der Waals surface area contributed by atoms with Gasteiger partial charge in [0.05, 0.1) is 12.2 Å². The zero-order valence-corrected chi connectivity index (χ0v) is 13.0. The first kappa shape index (κ1) is 14.7. The lowest BCUT2D eigenvalue weighted by molar-refractivity contribution is -0.0548. The molecule has 0 fully saturated rings. The Balaban J connectivity index is 2.55. The maximum atomic E-state index is 6.03. The van der Waals surface area contributed by atoms with Crippen molar-refractivity contribution < 1.29 is 4.74 Å². The molecule has 0 spiro atoms. The molecule has 17 heavy (non-hydrogen) atoms. The van der Waals surface area contributed by atoms with Crippen LogP contribution in [-0.4, -0.2) is 12.2 Å². The third kappa shape index (κ3) is 4.44. The minimum atomic E-state index is -0.0520. The predicted octanol–water partition coefficient (Wildman–Crippen LogP) is 5.00. The highest BCUT2D eigenvalue weighted by atomic mass is 79.9. The average molecular weight is 299 g/mol. The van der Waals surface area contributed by atoms with Crippen molar-refractivity contribution in [1.29, 1.82) is 0 Å². The van der Waals surface area contributed by atoms with Gasteiger partial charge in [-0.25, -0.2) is 0 Å². The lowest BCUT2D eigenvalue weighted by atomic mass is 9.94. The van der Waals surface area contributed by atoms with Crippen molar-refractivity contribution in [2.45, 2.75) is 46.1 Å². The normalized spacial score (nSPS) is 14.1. The van der Waals surface area contributed by atoms with Gasteiger partial charge in [0.25, 0.3) is 0 Å². The molecule has 0 saturated heterocycles. The molecule has 0 amide bonds. The van der Waals surface area contributed by atoms with Crippen LogP contribution in [0.25, 0.3) is 0 Å². The highest BCUT2D eigenvalue weighted by molar-refractivity contribution is 9.10. The molecule has 2 heteroatoms. The molecule has 1 aromatic rings. The van der Waals surface area contributed by atoms with E-state index in [1.54, 1.807) is 0 Å². The van der Waals surface area contributed by atoms with E-state index in [-0.39, 0.29) is 5.60 Å². The lowest BCUT2D eigenvalue weighted by Crippen LogP contribution is -2.32. The van der Waals surface area contributed by atoms with Gasteiger partial charge in [-0.1, -0.05) is 48.8 Å². The van der Waals surface area contributed by atoms with Gasteiger partial charge in [-0.15, -0.1) is 0 Å². The fraction of sp³-hybridized carbons (Fsp3) is 0.600. The van der Waals surface area contributed by atoms with Gasteiger partial charge in [-0.05, 0) is 37.5 Å². The van der Waals surface area contributed by atoms with E-state index in [1.807, 2.05) is 0 Å². The number of ether oxygens (including phenoxy) is 1. The Hall–Kier alpha value is -0.340. The summed E-state index contributed by atoms with van der Waals surface area (Å²) in [5.74, 6) is 0.959. The fourth-order valence-electron chi connectivity index (χ4n) is 1.39. The van der Waals surface area contributed by atoms with E-state index < -0.39 is 0 Å². The van der Waals surface area contributed by atoms with Gasteiger partial charge in [-0.3, -0.25) is 0 Å². The van der Waals surface area contributed by atoms with E-state index in [2.05, 4.69) is 74.8 Å². The molecule has 0 aliphatic carbocycles. The minimum Gasteiger partial charge on any atom is -0.375 e. The molecule has 96 valence electrons. The van der Waals surface area contributed by atoms with Gasteiger partial charge in [0, 0.05) is 10.4 Å². The molecular formula is C15H23BrO. The van der Waals surface area contributed by atoms with Crippen LogP contribution in [0.5, 0.6) is 0 Å². The van der Waals surface area contributed by atoms with Crippen LogP contribution < -0.4 is 0 Å². The zero-order valence-electron chi connectivity index (χ0n) is 11.5. The van der Waals surface area contributed by atoms with Crippen molar-refractivity contribution >= 4 is 15.9 Å². The van der Waals surface area contributed by atoms with Crippen molar-refractivity contribution in [1.82, 2.24) is 0 Å². The molecule has 0 aromatic heterocycles. The van der Waals surface area contributed by atoms with Gasteiger partial charge >= 0.3 is 0 Å². The Kier molecular flexibility index (Phi) is 5.21. The minimum absolute atomic E-state index is 0.0520. The van der Waals surface area contributed by atoms with Gasteiger partial charge in [0.1, 0.15) is 0 Å². The molecule has 0 N–H and O–H groups in total. The van der Waals surface area contributed by atoms with E-state index in [0.717, 1.165) is 11.1 Å². The first-order valence-corrected chi connectivity index (χ1v) is 7.01. The summed E-state index contributed by atoms with van der Waals surface area (Å²) in [5, 5.41) is 0. The molecular weight excluding hydrogens is 276 g/mol. The van der Waals surface area contributed by atoms with Crippen LogP contribution in [0.2, 0.25) is 0 Å². The predicted molar refractivity (Wildman–Crippen MR) is 77.4 cm³/mol. The third-order valence-electron chi connectivity index (χ3n) is 3.53. The van der Waals surface area contributed by atoms with Crippen LogP contribution in [0, 0.1) is 5.92 Å². The smallest absolute Gasteiger partial charge is 0.0649 e. The van der Waals surface area contributed by atoms with Crippen LogP contribution in [0.3, 0.4) is 0 Å². The molecule has 0 aliphatic heterocycles. The SMILES string of the molecule is CC(COC(C)(C)C(C)C)c1ccc(Br)cc1. The quantitative estimate of drug-likeness (QED) is 0.743. The summed E-state index contributed by atoms with van der Waals surface area (Å²) >= 11 is 3.45. The summed E-state index contributed by atoms with van der Waals surface area (Å²) < 4.78 is 7.15. The maximum Gasteiger partial charge on any atom is 0.0649 e. The Morgan fingerprint density at radius 2 is 1.65 bits per heavy atom. The summed E-state index contributed by atoms with van der Waals surface area (Å²) in [5.41, 5.74) is 1.27. The van der Waals surface area contributed by atoms with Crippen molar-refractivity contribution in [2.24, 2.45) is 5.92 Å². The zero-order chi connectivity index (χ0) is 13.1. The number of benzene rings is 1. The van der Waals surface area contributed by atoms with Crippen LogP contribution in [-0.2, 0) is 4.74 Å². The van der Waals surface area contributed by atoms with Crippen LogP contribution >= 0.6 is 15.9 Å². The average Bonchev–Trinajstić information content (AvgIpc) is 2.27. The maximum absolute atomic E-state index is 6.03. The number of rotatable bonds is 5. The van der Waals surface area contributed by atoms with Gasteiger partial charge < -0.3 is 4.74 Å². The molecule has 1 rings (SSSR count). The number of halogens is 1. The second kappa shape index (κ2) is 6.01. The summed E-state index contributed by atoms with van der Waals surface area (Å²) in [4.78, 5) is 0. The molecule has 1 aromatic carbocycles. The molecule has 1 unspecified atom stereocenters. The van der Waals surface area contributed by atoms with Gasteiger partial charge in [0.15, 0.2) is 0 Å². The van der Waals surface area contributed by atoms with Crippen molar-refractivity contribution in [3.8, 4) is 0 Å². The molecule has 0 aliphatic rings. The summed E-state index contributed by atoms with van der Waals surface area (Å²) in [6.45, 7) is 11.7. The lowest BCUT2D eigenvalue weighted by Gasteiger charge is -2.31. The monoisotopic (exact) mass is 298 g/mol. The van der Waals surface area contributed by atoms with Gasteiger partial charge in [0.2, 0.25) is 0 Å². The molecule has 0 heterocycles. The highest BCUT2D eigenvalue weighted by Crippen LogP contribution is 2.24. The second-order valence-electron chi connectivity index (χ2n) is 5.52. The Morgan fingerprint density at radius 3 is 2.12 bits per heavy atom. The van der Waals surface area contributed by atoms with Gasteiger partial charge in [-0.2, -0.15) is 0 Å². The standard InChI is InChI=1S/C15H23BrO/c1-11(2)15(4,5)17-10-12(3)13-6-8-14(16)9-7-13/h6-9,11-12H,10H2,1-5H3. The molecule has 0 bridgehead atoms. The van der Waals surface area contributed by atoms with E-state index >= 15 is 0 Å².